The zero-order valence-corrected chi connectivity index (χ0v) is 28.0. The Balaban J connectivity index is 0.00000541. The molecule has 3 amide bonds. The molecule has 0 unspecified atom stereocenters. The van der Waals surface area contributed by atoms with Gasteiger partial charge in [-0.1, -0.05) is 72.8 Å². The number of unbranched alkanes of at least 4 members (excludes halogenated alkanes) is 1. The van der Waals surface area contributed by atoms with Gasteiger partial charge in [-0.05, 0) is 60.9 Å². The van der Waals surface area contributed by atoms with E-state index in [0.717, 1.165) is 16.7 Å². The van der Waals surface area contributed by atoms with E-state index in [1.54, 1.807) is 24.3 Å². The van der Waals surface area contributed by atoms with Gasteiger partial charge in [0.25, 0.3) is 0 Å². The predicted octanol–water partition coefficient (Wildman–Crippen LogP) is 3.22. The normalized spacial score (nSPS) is 17.2. The molecule has 1 saturated heterocycles. The first-order chi connectivity index (χ1) is 23.2. The fourth-order valence-corrected chi connectivity index (χ4v) is 6.50. The summed E-state index contributed by atoms with van der Waals surface area (Å²) in [6, 6.07) is 22.5. The summed E-state index contributed by atoms with van der Waals surface area (Å²) in [5.41, 5.74) is 7.96. The van der Waals surface area contributed by atoms with Crippen molar-refractivity contribution in [3.63, 3.8) is 0 Å². The maximum Gasteiger partial charge on any atom is 0.338 e. The second kappa shape index (κ2) is 17.1. The number of nitrogens with two attached hydrogens (primary N) is 1. The summed E-state index contributed by atoms with van der Waals surface area (Å²) in [5, 5.41) is 15.6. The number of amides is 3. The SMILES string of the molecule is Cl.N[C@@H](CCCCOC(=O)c1ccccc1)C(=O)NC1(C(=O)N[C@@H](Cc2ccccc2)C(=O)N2CCC[C@@H]2C(=O)O)Cc2ccccc2C1. The van der Waals surface area contributed by atoms with Crippen molar-refractivity contribution in [3.8, 4) is 0 Å². The van der Waals surface area contributed by atoms with E-state index < -0.39 is 53.3 Å². The van der Waals surface area contributed by atoms with Crippen LogP contribution in [0.25, 0.3) is 0 Å². The van der Waals surface area contributed by atoms with Gasteiger partial charge in [-0.2, -0.15) is 0 Å². The number of carbonyl (C=O) groups is 5. The van der Waals surface area contributed by atoms with Crippen molar-refractivity contribution in [2.24, 2.45) is 5.73 Å². The van der Waals surface area contributed by atoms with E-state index in [2.05, 4.69) is 10.6 Å². The highest BCUT2D eigenvalue weighted by Crippen LogP contribution is 2.31. The first kappa shape index (κ1) is 37.1. The fourth-order valence-electron chi connectivity index (χ4n) is 6.50. The average Bonchev–Trinajstić information content (AvgIpc) is 3.74. The predicted molar refractivity (Wildman–Crippen MR) is 185 cm³/mol. The molecule has 3 aromatic carbocycles. The summed E-state index contributed by atoms with van der Waals surface area (Å²) in [6.07, 6.45) is 2.79. The van der Waals surface area contributed by atoms with Crippen LogP contribution in [0.4, 0.5) is 0 Å². The lowest BCUT2D eigenvalue weighted by atomic mass is 9.92. The fraction of sp³-hybridized carbons (Fsp3) is 0.378. The van der Waals surface area contributed by atoms with Gasteiger partial charge in [-0.3, -0.25) is 14.4 Å². The van der Waals surface area contributed by atoms with Gasteiger partial charge in [0.15, 0.2) is 0 Å². The molecular weight excluding hydrogens is 648 g/mol. The van der Waals surface area contributed by atoms with Crippen LogP contribution in [-0.4, -0.2) is 76.5 Å². The highest BCUT2D eigenvalue weighted by Gasteiger charge is 2.47. The Morgan fingerprint density at radius 3 is 2.14 bits per heavy atom. The minimum Gasteiger partial charge on any atom is -0.480 e. The van der Waals surface area contributed by atoms with E-state index in [0.29, 0.717) is 37.7 Å². The number of hydrogen-bond donors (Lipinski definition) is 4. The highest BCUT2D eigenvalue weighted by molar-refractivity contribution is 5.98. The number of fused-ring (bicyclic) bond motifs is 1. The lowest BCUT2D eigenvalue weighted by molar-refractivity contribution is -0.149. The molecule has 2 aliphatic rings. The van der Waals surface area contributed by atoms with Gasteiger partial charge in [-0.25, -0.2) is 9.59 Å². The number of aliphatic carboxylic acids is 1. The van der Waals surface area contributed by atoms with Crippen LogP contribution < -0.4 is 16.4 Å². The van der Waals surface area contributed by atoms with Gasteiger partial charge < -0.3 is 31.1 Å². The van der Waals surface area contributed by atoms with Crippen molar-refractivity contribution >= 4 is 42.1 Å². The molecule has 1 heterocycles. The molecule has 49 heavy (non-hydrogen) atoms. The van der Waals surface area contributed by atoms with E-state index in [-0.39, 0.29) is 44.8 Å². The lowest BCUT2D eigenvalue weighted by Gasteiger charge is -2.33. The standard InChI is InChI=1S/C37H42N4O7.ClH/c38-29(18-9-10-21-48-35(46)26-14-5-2-6-15-26)32(42)40-37(23-27-16-7-8-17-28(27)24-37)36(47)39-30(22-25-12-3-1-4-13-25)33(43)41-20-11-19-31(41)34(44)45;/h1-8,12-17,29-31H,9-11,18-24,38H2,(H,39,47)(H,40,42)(H,44,45);1H/t29-,30-,31+;/m0./s1. The molecule has 0 bridgehead atoms. The maximum absolute atomic E-state index is 14.3. The average molecular weight is 691 g/mol. The molecule has 1 aliphatic heterocycles. The molecule has 0 spiro atoms. The van der Waals surface area contributed by atoms with Crippen molar-refractivity contribution in [2.45, 2.75) is 75.0 Å². The second-order valence-electron chi connectivity index (χ2n) is 12.5. The number of carbonyl (C=O) groups excluding carboxylic acids is 4. The van der Waals surface area contributed by atoms with Crippen LogP contribution in [0.1, 0.15) is 59.2 Å². The number of likely N-dealkylation sites (tertiary alicyclic amines) is 1. The number of nitrogens with zero attached hydrogens (tertiary/aromatic N) is 1. The molecule has 0 radical (unpaired) electrons. The number of esters is 1. The van der Waals surface area contributed by atoms with E-state index in [1.807, 2.05) is 60.7 Å². The third-order valence-corrected chi connectivity index (χ3v) is 9.10. The minimum absolute atomic E-state index is 0. The van der Waals surface area contributed by atoms with Crippen LogP contribution in [0.15, 0.2) is 84.9 Å². The number of halogens is 1. The minimum atomic E-state index is -1.41. The third-order valence-electron chi connectivity index (χ3n) is 9.10. The molecule has 5 rings (SSSR count). The Morgan fingerprint density at radius 2 is 1.51 bits per heavy atom. The highest BCUT2D eigenvalue weighted by atomic mass is 35.5. The van der Waals surface area contributed by atoms with Crippen LogP contribution >= 0.6 is 12.4 Å². The zero-order valence-electron chi connectivity index (χ0n) is 27.2. The summed E-state index contributed by atoms with van der Waals surface area (Å²) in [5.74, 6) is -3.01. The summed E-state index contributed by atoms with van der Waals surface area (Å²) in [6.45, 7) is 0.463. The molecule has 3 aromatic rings. The van der Waals surface area contributed by atoms with E-state index >= 15 is 0 Å². The summed E-state index contributed by atoms with van der Waals surface area (Å²) in [7, 11) is 0. The largest absolute Gasteiger partial charge is 0.480 e. The van der Waals surface area contributed by atoms with Gasteiger partial charge in [0.2, 0.25) is 17.7 Å². The zero-order chi connectivity index (χ0) is 34.1. The molecule has 0 aromatic heterocycles. The van der Waals surface area contributed by atoms with Gasteiger partial charge >= 0.3 is 11.9 Å². The summed E-state index contributed by atoms with van der Waals surface area (Å²) < 4.78 is 5.32. The van der Waals surface area contributed by atoms with Crippen molar-refractivity contribution in [1.29, 1.82) is 0 Å². The second-order valence-corrected chi connectivity index (χ2v) is 12.5. The number of benzene rings is 3. The van der Waals surface area contributed by atoms with Crippen LogP contribution in [0, 0.1) is 0 Å². The Morgan fingerprint density at radius 1 is 0.898 bits per heavy atom. The Kier molecular flexibility index (Phi) is 12.9. The third kappa shape index (κ3) is 9.24. The van der Waals surface area contributed by atoms with Crippen LogP contribution in [0.2, 0.25) is 0 Å². The Labute approximate surface area is 292 Å². The molecule has 5 N–H and O–H groups in total. The van der Waals surface area contributed by atoms with Crippen LogP contribution in [0.5, 0.6) is 0 Å². The first-order valence-electron chi connectivity index (χ1n) is 16.4. The molecule has 11 nitrogen and oxygen atoms in total. The van der Waals surface area contributed by atoms with Crippen molar-refractivity contribution in [2.75, 3.05) is 13.2 Å². The Hall–Kier alpha value is -4.74. The number of rotatable bonds is 14. The topological polar surface area (TPSA) is 168 Å². The van der Waals surface area contributed by atoms with Gasteiger partial charge in [0, 0.05) is 25.8 Å². The number of nitrogens with one attached hydrogen (secondary N) is 2. The summed E-state index contributed by atoms with van der Waals surface area (Å²) in [4.78, 5) is 67.1. The monoisotopic (exact) mass is 690 g/mol. The van der Waals surface area contributed by atoms with E-state index in [1.165, 1.54) is 4.90 Å². The molecule has 0 saturated carbocycles. The summed E-state index contributed by atoms with van der Waals surface area (Å²) >= 11 is 0. The Bertz CT molecular complexity index is 1600. The number of carboxylic acid groups (broad SMARTS) is 1. The lowest BCUT2D eigenvalue weighted by Crippen LogP contribution is -2.65. The number of hydrogen-bond acceptors (Lipinski definition) is 7. The van der Waals surface area contributed by atoms with Gasteiger partial charge in [-0.15, -0.1) is 12.4 Å². The molecule has 260 valence electrons. The van der Waals surface area contributed by atoms with Crippen molar-refractivity contribution < 1.29 is 33.8 Å². The number of carboxylic acids is 1. The van der Waals surface area contributed by atoms with Gasteiger partial charge in [0.05, 0.1) is 18.2 Å². The van der Waals surface area contributed by atoms with Gasteiger partial charge in [0.1, 0.15) is 17.6 Å². The van der Waals surface area contributed by atoms with Crippen LogP contribution in [-0.2, 0) is 43.2 Å². The first-order valence-corrected chi connectivity index (χ1v) is 16.4. The molecule has 12 heteroatoms. The van der Waals surface area contributed by atoms with Crippen LogP contribution in [0.3, 0.4) is 0 Å². The van der Waals surface area contributed by atoms with Crippen molar-refractivity contribution in [1.82, 2.24) is 15.5 Å². The molecular formula is C37H43ClN4O7. The quantitative estimate of drug-likeness (QED) is 0.148. The number of ether oxygens (including phenoxy) is 1. The molecule has 1 aliphatic carbocycles. The molecule has 1 fully saturated rings. The van der Waals surface area contributed by atoms with E-state index in [9.17, 15) is 29.1 Å². The maximum atomic E-state index is 14.3. The van der Waals surface area contributed by atoms with E-state index in [4.69, 9.17) is 10.5 Å². The van der Waals surface area contributed by atoms with Crippen molar-refractivity contribution in [3.05, 3.63) is 107 Å². The molecule has 3 atom stereocenters. The smallest absolute Gasteiger partial charge is 0.338 e.